The highest BCUT2D eigenvalue weighted by Crippen LogP contribution is 2.19. The number of rotatable bonds is 24. The molecule has 0 bridgehead atoms. The maximum Gasteiger partial charge on any atom is 0.408 e. The Morgan fingerprint density at radius 3 is 2.08 bits per heavy atom. The third kappa shape index (κ3) is 16.5. The number of alkyl carbamates (subject to hydrolysis) is 1. The molecule has 0 saturated heterocycles. The maximum absolute atomic E-state index is 13.7. The van der Waals surface area contributed by atoms with Crippen molar-refractivity contribution in [1.82, 2.24) is 16.0 Å². The molecule has 0 aliphatic carbocycles. The molecular weight excluding hydrogens is 658 g/mol. The van der Waals surface area contributed by atoms with Crippen molar-refractivity contribution < 1.29 is 38.2 Å². The summed E-state index contributed by atoms with van der Waals surface area (Å²) < 4.78 is 10.1. The Hall–Kier alpha value is -4.19. The predicted molar refractivity (Wildman–Crippen MR) is 194 cm³/mol. The summed E-state index contributed by atoms with van der Waals surface area (Å²) in [6, 6.07) is 16.9. The number of hydrogen-bond donors (Lipinski definition) is 3. The van der Waals surface area contributed by atoms with Crippen LogP contribution in [-0.4, -0.2) is 73.7 Å². The van der Waals surface area contributed by atoms with E-state index in [2.05, 4.69) is 16.0 Å². The van der Waals surface area contributed by atoms with E-state index < -0.39 is 36.0 Å². The molecule has 2 aromatic rings. The standard InChI is InChI=1S/C38H53N3O8S/c1-27(2)23-33(40-36(45)30(18-21-42)19-22-50-4)34(43)25-31(24-28-13-7-5-8-14-28)35(44)39-20-12-11-17-32(37(46)48-3)41-38(47)49-26-29-15-9-6-10-16-29/h5-10,13-16,21,27,30-33H,11-12,17-20,22-26H2,1-4H3,(H,39,44)(H,40,45)(H,41,47)/t30-,31+,32-,33-/m0/s1. The number of unbranched alkanes of at least 4 members (excludes halogenated alkanes) is 1. The Morgan fingerprint density at radius 2 is 1.48 bits per heavy atom. The van der Waals surface area contributed by atoms with Crippen molar-refractivity contribution >= 4 is 47.7 Å². The van der Waals surface area contributed by atoms with Gasteiger partial charge in [0.25, 0.3) is 0 Å². The highest BCUT2D eigenvalue weighted by molar-refractivity contribution is 7.98. The molecule has 2 aromatic carbocycles. The number of methoxy groups -OCH3 is 1. The Morgan fingerprint density at radius 1 is 0.820 bits per heavy atom. The molecule has 2 rings (SSSR count). The minimum atomic E-state index is -0.914. The quantitative estimate of drug-likeness (QED) is 0.0771. The Kier molecular flexibility index (Phi) is 20.2. The van der Waals surface area contributed by atoms with E-state index in [4.69, 9.17) is 9.47 Å². The van der Waals surface area contributed by atoms with Gasteiger partial charge in [-0.1, -0.05) is 74.5 Å². The van der Waals surface area contributed by atoms with Gasteiger partial charge in [-0.2, -0.15) is 11.8 Å². The number of carbonyl (C=O) groups excluding carboxylic acids is 6. The first-order valence-electron chi connectivity index (χ1n) is 17.2. The SMILES string of the molecule is COC(=O)[C@H](CCCCNC(=O)[C@@H](CC(=O)[C@H](CC(C)C)NC(=O)[C@@H](CC=O)CCSC)Cc1ccccc1)NC(=O)OCc1ccccc1. The number of amides is 3. The number of esters is 1. The third-order valence-corrected chi connectivity index (χ3v) is 8.83. The molecule has 0 aliphatic heterocycles. The fourth-order valence-corrected chi connectivity index (χ4v) is 5.95. The van der Waals surface area contributed by atoms with Crippen LogP contribution in [0.3, 0.4) is 0 Å². The van der Waals surface area contributed by atoms with Crippen molar-refractivity contribution in [3.8, 4) is 0 Å². The number of Topliss-reactive ketones (excluding diaryl/α,β-unsaturated/α-hetero) is 1. The summed E-state index contributed by atoms with van der Waals surface area (Å²) in [5, 5.41) is 8.39. The summed E-state index contributed by atoms with van der Waals surface area (Å²) in [7, 11) is 1.24. The smallest absolute Gasteiger partial charge is 0.408 e. The molecule has 0 unspecified atom stereocenters. The third-order valence-electron chi connectivity index (χ3n) is 8.19. The van der Waals surface area contributed by atoms with Crippen molar-refractivity contribution in [2.45, 2.75) is 83.9 Å². The minimum Gasteiger partial charge on any atom is -0.467 e. The van der Waals surface area contributed by atoms with Crippen LogP contribution >= 0.6 is 11.8 Å². The molecule has 12 heteroatoms. The molecule has 4 atom stereocenters. The van der Waals surface area contributed by atoms with Crippen LogP contribution in [0.5, 0.6) is 0 Å². The summed E-state index contributed by atoms with van der Waals surface area (Å²) in [5.74, 6) is -1.81. The minimum absolute atomic E-state index is 0.0583. The number of ketones is 1. The fraction of sp³-hybridized carbons (Fsp3) is 0.526. The summed E-state index contributed by atoms with van der Waals surface area (Å²) in [6.45, 7) is 4.28. The van der Waals surface area contributed by atoms with Crippen molar-refractivity contribution in [3.05, 3.63) is 71.8 Å². The van der Waals surface area contributed by atoms with Crippen LogP contribution in [0.25, 0.3) is 0 Å². The number of thioether (sulfide) groups is 1. The van der Waals surface area contributed by atoms with E-state index in [0.29, 0.717) is 38.6 Å². The van der Waals surface area contributed by atoms with Crippen LogP contribution in [0.4, 0.5) is 4.79 Å². The van der Waals surface area contributed by atoms with Crippen molar-refractivity contribution in [2.24, 2.45) is 17.8 Å². The van der Waals surface area contributed by atoms with E-state index >= 15 is 0 Å². The molecule has 3 amide bonds. The lowest BCUT2D eigenvalue weighted by atomic mass is 9.88. The lowest BCUT2D eigenvalue weighted by Crippen LogP contribution is -2.46. The molecule has 274 valence electrons. The Bertz CT molecular complexity index is 1340. The second kappa shape index (κ2) is 24.0. The topological polar surface area (TPSA) is 157 Å². The predicted octanol–water partition coefficient (Wildman–Crippen LogP) is 5.05. The first-order chi connectivity index (χ1) is 24.1. The van der Waals surface area contributed by atoms with Gasteiger partial charge >= 0.3 is 12.1 Å². The van der Waals surface area contributed by atoms with Crippen LogP contribution < -0.4 is 16.0 Å². The lowest BCUT2D eigenvalue weighted by molar-refractivity contribution is -0.143. The summed E-state index contributed by atoms with van der Waals surface area (Å²) >= 11 is 1.59. The second-order valence-corrected chi connectivity index (χ2v) is 13.7. The van der Waals surface area contributed by atoms with Gasteiger partial charge < -0.3 is 30.2 Å². The maximum atomic E-state index is 13.7. The summed E-state index contributed by atoms with van der Waals surface area (Å²) in [4.78, 5) is 76.3. The van der Waals surface area contributed by atoms with Gasteiger partial charge in [-0.3, -0.25) is 14.4 Å². The molecule has 0 aromatic heterocycles. The first-order valence-corrected chi connectivity index (χ1v) is 18.6. The van der Waals surface area contributed by atoms with Gasteiger partial charge in [0.2, 0.25) is 11.8 Å². The fourth-order valence-electron chi connectivity index (χ4n) is 5.43. The summed E-state index contributed by atoms with van der Waals surface area (Å²) in [5.41, 5.74) is 1.71. The van der Waals surface area contributed by atoms with E-state index in [0.717, 1.165) is 23.2 Å². The second-order valence-electron chi connectivity index (χ2n) is 12.7. The molecule has 0 heterocycles. The molecular formula is C38H53N3O8S. The lowest BCUT2D eigenvalue weighted by Gasteiger charge is -2.24. The van der Waals surface area contributed by atoms with Crippen LogP contribution in [0, 0.1) is 17.8 Å². The van der Waals surface area contributed by atoms with E-state index in [9.17, 15) is 28.8 Å². The molecule has 0 radical (unpaired) electrons. The largest absolute Gasteiger partial charge is 0.467 e. The molecule has 0 aliphatic rings. The van der Waals surface area contributed by atoms with Crippen molar-refractivity contribution in [2.75, 3.05) is 25.7 Å². The number of hydrogen-bond acceptors (Lipinski definition) is 9. The van der Waals surface area contributed by atoms with Gasteiger partial charge in [-0.25, -0.2) is 9.59 Å². The normalized spacial score (nSPS) is 13.3. The zero-order chi connectivity index (χ0) is 36.7. The average molecular weight is 712 g/mol. The molecule has 0 saturated carbocycles. The monoisotopic (exact) mass is 711 g/mol. The Balaban J connectivity index is 2.01. The molecule has 11 nitrogen and oxygen atoms in total. The van der Waals surface area contributed by atoms with Gasteiger partial charge in [0.1, 0.15) is 18.9 Å². The van der Waals surface area contributed by atoms with E-state index in [1.807, 2.05) is 80.8 Å². The van der Waals surface area contributed by atoms with Crippen LogP contribution in [-0.2, 0) is 46.5 Å². The first kappa shape index (κ1) is 42.0. The van der Waals surface area contributed by atoms with Crippen molar-refractivity contribution in [1.29, 1.82) is 0 Å². The van der Waals surface area contributed by atoms with Crippen LogP contribution in [0.15, 0.2) is 60.7 Å². The number of carbonyl (C=O) groups is 6. The Labute approximate surface area is 300 Å². The van der Waals surface area contributed by atoms with Gasteiger partial charge in [-0.15, -0.1) is 0 Å². The van der Waals surface area contributed by atoms with Crippen molar-refractivity contribution in [3.63, 3.8) is 0 Å². The van der Waals surface area contributed by atoms with Gasteiger partial charge in [0, 0.05) is 31.2 Å². The number of nitrogens with one attached hydrogen (secondary N) is 3. The zero-order valence-corrected chi connectivity index (χ0v) is 30.5. The van der Waals surface area contributed by atoms with Gasteiger partial charge in [0.05, 0.1) is 13.2 Å². The molecule has 0 spiro atoms. The van der Waals surface area contributed by atoms with E-state index in [-0.39, 0.29) is 49.4 Å². The van der Waals surface area contributed by atoms with Crippen LogP contribution in [0.2, 0.25) is 0 Å². The van der Waals surface area contributed by atoms with Gasteiger partial charge in [-0.05, 0) is 67.6 Å². The number of ether oxygens (including phenoxy) is 2. The van der Waals surface area contributed by atoms with E-state index in [1.54, 1.807) is 11.8 Å². The highest BCUT2D eigenvalue weighted by Gasteiger charge is 2.30. The number of aldehydes is 1. The molecule has 0 fully saturated rings. The van der Waals surface area contributed by atoms with Gasteiger partial charge in [0.15, 0.2) is 5.78 Å². The summed E-state index contributed by atoms with van der Waals surface area (Å²) in [6.07, 6.45) is 4.49. The molecule has 3 N–H and O–H groups in total. The molecule has 50 heavy (non-hydrogen) atoms. The van der Waals surface area contributed by atoms with Crippen LogP contribution in [0.1, 0.15) is 69.9 Å². The average Bonchev–Trinajstić information content (AvgIpc) is 3.11. The van der Waals surface area contributed by atoms with E-state index in [1.165, 1.54) is 7.11 Å². The highest BCUT2D eigenvalue weighted by atomic mass is 32.2. The number of benzene rings is 2. The zero-order valence-electron chi connectivity index (χ0n) is 29.7.